The molecule has 0 bridgehead atoms. The third-order valence-electron chi connectivity index (χ3n) is 2.01. The Balaban J connectivity index is 3.42. The molecule has 1 rings (SSSR count). The number of halogens is 1. The van der Waals surface area contributed by atoms with E-state index in [1.165, 1.54) is 26.2 Å². The summed E-state index contributed by atoms with van der Waals surface area (Å²) in [6.07, 6.45) is 0. The van der Waals surface area contributed by atoms with Gasteiger partial charge in [0.1, 0.15) is 5.82 Å². The number of sulfonamides is 1. The molecule has 6 heteroatoms. The molecule has 0 unspecified atom stereocenters. The van der Waals surface area contributed by atoms with Crippen molar-refractivity contribution >= 4 is 10.0 Å². The molecule has 0 saturated carbocycles. The lowest BCUT2D eigenvalue weighted by atomic mass is 10.2. The van der Waals surface area contributed by atoms with Crippen LogP contribution in [0.4, 0.5) is 4.39 Å². The molecule has 0 aliphatic rings. The number of hydrogen-bond acceptors (Lipinski definition) is 3. The smallest absolute Gasteiger partial charge is 0.242 e. The first-order chi connectivity index (χ1) is 6.89. The van der Waals surface area contributed by atoms with Crippen molar-refractivity contribution < 1.29 is 12.8 Å². The van der Waals surface area contributed by atoms with Crippen LogP contribution < -0.4 is 5.73 Å². The predicted octanol–water partition coefficient (Wildman–Crippen LogP) is 0.535. The molecule has 0 saturated heterocycles. The van der Waals surface area contributed by atoms with E-state index in [1.54, 1.807) is 0 Å². The van der Waals surface area contributed by atoms with Gasteiger partial charge in [0, 0.05) is 20.6 Å². The molecule has 0 amide bonds. The minimum absolute atomic E-state index is 0.0582. The Morgan fingerprint density at radius 2 is 2.00 bits per heavy atom. The van der Waals surface area contributed by atoms with E-state index in [0.717, 1.165) is 10.4 Å². The Morgan fingerprint density at radius 1 is 1.40 bits per heavy atom. The summed E-state index contributed by atoms with van der Waals surface area (Å²) in [4.78, 5) is -0.0741. The molecule has 1 aromatic carbocycles. The summed E-state index contributed by atoms with van der Waals surface area (Å²) in [5.41, 5.74) is 5.80. The van der Waals surface area contributed by atoms with Gasteiger partial charge in [0.05, 0.1) is 4.90 Å². The maximum absolute atomic E-state index is 13.0. The summed E-state index contributed by atoms with van der Waals surface area (Å²) < 4.78 is 37.5. The Hall–Kier alpha value is -0.980. The van der Waals surface area contributed by atoms with Gasteiger partial charge >= 0.3 is 0 Å². The van der Waals surface area contributed by atoms with Crippen LogP contribution in [0.3, 0.4) is 0 Å². The molecule has 0 aromatic heterocycles. The van der Waals surface area contributed by atoms with Crippen molar-refractivity contribution in [3.8, 4) is 0 Å². The van der Waals surface area contributed by atoms with Crippen LogP contribution in [0, 0.1) is 5.82 Å². The molecule has 0 radical (unpaired) electrons. The van der Waals surface area contributed by atoms with Crippen molar-refractivity contribution in [2.45, 2.75) is 11.4 Å². The second kappa shape index (κ2) is 4.26. The minimum Gasteiger partial charge on any atom is -0.326 e. The fraction of sp³-hybridized carbons (Fsp3) is 0.333. The third kappa shape index (κ3) is 2.34. The van der Waals surface area contributed by atoms with Crippen LogP contribution in [0.1, 0.15) is 5.56 Å². The molecule has 0 spiro atoms. The van der Waals surface area contributed by atoms with Gasteiger partial charge in [0.2, 0.25) is 10.0 Å². The van der Waals surface area contributed by atoms with Gasteiger partial charge in [-0.05, 0) is 17.7 Å². The number of benzene rings is 1. The van der Waals surface area contributed by atoms with Gasteiger partial charge in [-0.3, -0.25) is 0 Å². The van der Waals surface area contributed by atoms with Crippen molar-refractivity contribution in [2.75, 3.05) is 14.1 Å². The predicted molar refractivity (Wildman–Crippen MR) is 55.2 cm³/mol. The van der Waals surface area contributed by atoms with Crippen LogP contribution in [0.2, 0.25) is 0 Å². The molecular weight excluding hydrogens is 219 g/mol. The van der Waals surface area contributed by atoms with Crippen LogP contribution >= 0.6 is 0 Å². The summed E-state index contributed by atoms with van der Waals surface area (Å²) >= 11 is 0. The maximum atomic E-state index is 13.0. The van der Waals surface area contributed by atoms with Crippen LogP contribution in [0.5, 0.6) is 0 Å². The fourth-order valence-corrected chi connectivity index (χ4v) is 2.27. The minimum atomic E-state index is -3.63. The summed E-state index contributed by atoms with van der Waals surface area (Å²) in [6.45, 7) is 0.0582. The van der Waals surface area contributed by atoms with Crippen LogP contribution in [0.15, 0.2) is 23.1 Å². The van der Waals surface area contributed by atoms with Crippen molar-refractivity contribution in [3.05, 3.63) is 29.6 Å². The maximum Gasteiger partial charge on any atom is 0.242 e. The second-order valence-corrected chi connectivity index (χ2v) is 5.36. The average Bonchev–Trinajstić information content (AvgIpc) is 2.17. The lowest BCUT2D eigenvalue weighted by molar-refractivity contribution is 0.517. The zero-order valence-electron chi connectivity index (χ0n) is 8.57. The van der Waals surface area contributed by atoms with Gasteiger partial charge < -0.3 is 5.73 Å². The van der Waals surface area contributed by atoms with Gasteiger partial charge in [-0.2, -0.15) is 0 Å². The topological polar surface area (TPSA) is 63.4 Å². The van der Waals surface area contributed by atoms with E-state index in [1.807, 2.05) is 0 Å². The quantitative estimate of drug-likeness (QED) is 0.827. The van der Waals surface area contributed by atoms with Gasteiger partial charge in [-0.1, -0.05) is 6.07 Å². The van der Waals surface area contributed by atoms with Crippen LogP contribution in [-0.2, 0) is 16.6 Å². The molecule has 0 heterocycles. The zero-order valence-corrected chi connectivity index (χ0v) is 9.38. The first-order valence-electron chi connectivity index (χ1n) is 4.30. The normalized spacial score (nSPS) is 12.1. The summed E-state index contributed by atoms with van der Waals surface area (Å²) in [7, 11) is -0.850. The van der Waals surface area contributed by atoms with E-state index >= 15 is 0 Å². The number of nitrogens with zero attached hydrogens (tertiary/aromatic N) is 1. The molecule has 2 N–H and O–H groups in total. The SMILES string of the molecule is CN(C)S(=O)(=O)c1cc(F)ccc1CN. The van der Waals surface area contributed by atoms with Gasteiger partial charge in [0.15, 0.2) is 0 Å². The summed E-state index contributed by atoms with van der Waals surface area (Å²) in [5, 5.41) is 0. The lowest BCUT2D eigenvalue weighted by Crippen LogP contribution is -2.24. The van der Waals surface area contributed by atoms with Crippen molar-refractivity contribution in [1.82, 2.24) is 4.31 Å². The Labute approximate surface area is 88.6 Å². The van der Waals surface area contributed by atoms with E-state index < -0.39 is 15.8 Å². The summed E-state index contributed by atoms with van der Waals surface area (Å²) in [6, 6.07) is 3.56. The molecule has 0 atom stereocenters. The molecular formula is C9H13FN2O2S. The van der Waals surface area contributed by atoms with Crippen molar-refractivity contribution in [2.24, 2.45) is 5.73 Å². The van der Waals surface area contributed by atoms with E-state index in [4.69, 9.17) is 5.73 Å². The van der Waals surface area contributed by atoms with E-state index in [2.05, 4.69) is 0 Å². The average molecular weight is 232 g/mol. The standard InChI is InChI=1S/C9H13FN2O2S/c1-12(2)15(13,14)9-5-8(10)4-3-7(9)6-11/h3-5H,6,11H2,1-2H3. The number of hydrogen-bond donors (Lipinski definition) is 1. The number of nitrogens with two attached hydrogens (primary N) is 1. The molecule has 0 aliphatic carbocycles. The van der Waals surface area contributed by atoms with E-state index in [9.17, 15) is 12.8 Å². The molecule has 4 nitrogen and oxygen atoms in total. The highest BCUT2D eigenvalue weighted by Gasteiger charge is 2.21. The van der Waals surface area contributed by atoms with Gasteiger partial charge in [-0.25, -0.2) is 17.1 Å². The van der Waals surface area contributed by atoms with Gasteiger partial charge in [-0.15, -0.1) is 0 Å². The highest BCUT2D eigenvalue weighted by molar-refractivity contribution is 7.89. The first-order valence-corrected chi connectivity index (χ1v) is 5.74. The lowest BCUT2D eigenvalue weighted by Gasteiger charge is -2.14. The van der Waals surface area contributed by atoms with Crippen LogP contribution in [0.25, 0.3) is 0 Å². The molecule has 84 valence electrons. The Kier molecular flexibility index (Phi) is 3.43. The first kappa shape index (κ1) is 12.1. The molecule has 1 aromatic rings. The van der Waals surface area contributed by atoms with E-state index in [-0.39, 0.29) is 11.4 Å². The second-order valence-electron chi connectivity index (χ2n) is 3.24. The Morgan fingerprint density at radius 3 is 2.47 bits per heavy atom. The third-order valence-corrected chi connectivity index (χ3v) is 3.91. The number of rotatable bonds is 3. The fourth-order valence-electron chi connectivity index (χ4n) is 1.13. The zero-order chi connectivity index (χ0) is 11.6. The largest absolute Gasteiger partial charge is 0.326 e. The molecule has 0 fully saturated rings. The molecule has 0 aliphatic heterocycles. The summed E-state index contributed by atoms with van der Waals surface area (Å²) in [5.74, 6) is -0.590. The Bertz CT molecular complexity index is 457. The monoisotopic (exact) mass is 232 g/mol. The highest BCUT2D eigenvalue weighted by Crippen LogP contribution is 2.19. The van der Waals surface area contributed by atoms with Crippen molar-refractivity contribution in [3.63, 3.8) is 0 Å². The van der Waals surface area contributed by atoms with Crippen molar-refractivity contribution in [1.29, 1.82) is 0 Å². The highest BCUT2D eigenvalue weighted by atomic mass is 32.2. The molecule has 15 heavy (non-hydrogen) atoms. The van der Waals surface area contributed by atoms with E-state index in [0.29, 0.717) is 5.56 Å². The van der Waals surface area contributed by atoms with Gasteiger partial charge in [0.25, 0.3) is 0 Å². The van der Waals surface area contributed by atoms with Crippen LogP contribution in [-0.4, -0.2) is 26.8 Å².